The van der Waals surface area contributed by atoms with Crippen molar-refractivity contribution in [3.63, 3.8) is 0 Å². The van der Waals surface area contributed by atoms with E-state index in [-0.39, 0.29) is 10.6 Å². The molecule has 0 fully saturated rings. The van der Waals surface area contributed by atoms with Gasteiger partial charge in [0.05, 0.1) is 43.1 Å². The van der Waals surface area contributed by atoms with Gasteiger partial charge in [0.15, 0.2) is 12.4 Å². The third-order valence-electron chi connectivity index (χ3n) is 3.51. The van der Waals surface area contributed by atoms with E-state index in [1.54, 1.807) is 24.5 Å². The van der Waals surface area contributed by atoms with E-state index in [0.29, 0.717) is 11.5 Å². The van der Waals surface area contributed by atoms with Crippen LogP contribution in [-0.4, -0.2) is 20.7 Å². The summed E-state index contributed by atoms with van der Waals surface area (Å²) in [5, 5.41) is 43.2. The molecule has 28 heavy (non-hydrogen) atoms. The molecule has 142 valence electrons. The lowest BCUT2D eigenvalue weighted by atomic mass is 10.1. The number of carboxylic acids is 1. The van der Waals surface area contributed by atoms with E-state index in [1.807, 2.05) is 6.07 Å². The number of hydrogen-bond donors (Lipinski definition) is 0. The fraction of sp³-hybridized carbons (Fsp3) is 0. The second-order valence-corrected chi connectivity index (χ2v) is 5.18. The van der Waals surface area contributed by atoms with Crippen LogP contribution in [0.4, 0.5) is 17.1 Å². The molecule has 3 rings (SSSR count). The Kier molecular flexibility index (Phi) is 5.86. The Morgan fingerprint density at radius 1 is 0.857 bits per heavy atom. The second-order valence-electron chi connectivity index (χ2n) is 5.18. The van der Waals surface area contributed by atoms with Crippen LogP contribution in [0.3, 0.4) is 0 Å². The highest BCUT2D eigenvalue weighted by Crippen LogP contribution is 2.24. The van der Waals surface area contributed by atoms with Crippen LogP contribution in [0.25, 0.3) is 10.8 Å². The van der Waals surface area contributed by atoms with Crippen molar-refractivity contribution in [3.8, 4) is 0 Å². The first-order valence-electron chi connectivity index (χ1n) is 7.39. The number of H-pyrrole nitrogens is 1. The molecule has 0 saturated heterocycles. The Balaban J connectivity index is 0.000000202. The monoisotopic (exact) mass is 386 g/mol. The average Bonchev–Trinajstić information content (AvgIpc) is 2.67. The summed E-state index contributed by atoms with van der Waals surface area (Å²) in [6, 6.07) is 8.91. The number of aromatic nitrogens is 1. The quantitative estimate of drug-likeness (QED) is 0.476. The number of hydrogen-bond acceptors (Lipinski definition) is 8. The van der Waals surface area contributed by atoms with Crippen LogP contribution >= 0.6 is 0 Å². The van der Waals surface area contributed by atoms with Crippen LogP contribution in [-0.2, 0) is 0 Å². The minimum absolute atomic E-state index is 0.145. The maximum absolute atomic E-state index is 10.6. The highest BCUT2D eigenvalue weighted by Gasteiger charge is 2.19. The Labute approximate surface area is 155 Å². The van der Waals surface area contributed by atoms with Gasteiger partial charge in [-0.15, -0.1) is 0 Å². The summed E-state index contributed by atoms with van der Waals surface area (Å²) in [4.78, 5) is 42.3. The number of fused-ring (bicyclic) bond motifs is 1. The summed E-state index contributed by atoms with van der Waals surface area (Å²) in [5.74, 6) is -1.75. The lowest BCUT2D eigenvalue weighted by Crippen LogP contribution is -2.23. The van der Waals surface area contributed by atoms with E-state index in [2.05, 4.69) is 4.98 Å². The van der Waals surface area contributed by atoms with Crippen molar-refractivity contribution in [1.82, 2.24) is 0 Å². The van der Waals surface area contributed by atoms with Gasteiger partial charge in [-0.2, -0.15) is 0 Å². The highest BCUT2D eigenvalue weighted by atomic mass is 16.6. The number of carboxylic acid groups (broad SMARTS) is 1. The molecular weight excluding hydrogens is 376 g/mol. The molecule has 0 aliphatic heterocycles. The van der Waals surface area contributed by atoms with E-state index in [1.165, 1.54) is 6.07 Å². The molecule has 1 N–H and O–H groups in total. The second kappa shape index (κ2) is 8.27. The Hall–Kier alpha value is -4.48. The first kappa shape index (κ1) is 19.8. The third-order valence-corrected chi connectivity index (χ3v) is 3.51. The molecule has 12 heteroatoms. The molecule has 12 nitrogen and oxygen atoms in total. The molecule has 0 saturated carbocycles. The standard InChI is InChI=1S/C9H6N2O2.C7H4N2O6/c12-11(13)9-3-1-2-7-6-10-5-4-8(7)9;10-7(11)5-2-1-4(8(12)13)3-6(5)9(14)15/h1-6H;1-3H,(H,10,11). The number of carbonyl (C=O) groups is 1. The average molecular weight is 386 g/mol. The molecule has 0 aliphatic rings. The Bertz CT molecular complexity index is 1090. The van der Waals surface area contributed by atoms with Crippen LogP contribution in [0.15, 0.2) is 54.9 Å². The van der Waals surface area contributed by atoms with E-state index in [4.69, 9.17) is 0 Å². The van der Waals surface area contributed by atoms with Gasteiger partial charge in [-0.05, 0) is 12.1 Å². The van der Waals surface area contributed by atoms with Crippen molar-refractivity contribution in [3.05, 3.63) is 90.8 Å². The van der Waals surface area contributed by atoms with Crippen molar-refractivity contribution in [2.45, 2.75) is 0 Å². The molecule has 0 bridgehead atoms. The molecule has 0 unspecified atom stereocenters. The Morgan fingerprint density at radius 3 is 2.11 bits per heavy atom. The van der Waals surface area contributed by atoms with Gasteiger partial charge in [0.25, 0.3) is 17.1 Å². The SMILES string of the molecule is O=C([O-])c1ccc([N+](=O)[O-])cc1[N+](=O)[O-].O=[N+]([O-])c1cccc2c[nH+]ccc12. The number of nitrogens with zero attached hydrogens (tertiary/aromatic N) is 3. The topological polar surface area (TPSA) is 184 Å². The number of benzene rings is 2. The molecule has 1 heterocycles. The van der Waals surface area contributed by atoms with E-state index < -0.39 is 32.8 Å². The van der Waals surface area contributed by atoms with Crippen molar-refractivity contribution in [1.29, 1.82) is 0 Å². The van der Waals surface area contributed by atoms with Crippen molar-refractivity contribution in [2.75, 3.05) is 0 Å². The first-order valence-corrected chi connectivity index (χ1v) is 7.39. The van der Waals surface area contributed by atoms with Crippen LogP contribution in [0.1, 0.15) is 10.4 Å². The highest BCUT2D eigenvalue weighted by molar-refractivity contribution is 5.91. The minimum atomic E-state index is -1.75. The normalized spacial score (nSPS) is 9.86. The molecule has 1 aromatic heterocycles. The molecule has 0 atom stereocenters. The van der Waals surface area contributed by atoms with Gasteiger partial charge >= 0.3 is 0 Å². The van der Waals surface area contributed by atoms with Crippen LogP contribution in [0.5, 0.6) is 0 Å². The number of nitro groups is 3. The molecule has 0 amide bonds. The maximum Gasteiger partial charge on any atom is 0.285 e. The summed E-state index contributed by atoms with van der Waals surface area (Å²) in [6.07, 6.45) is 3.41. The molecule has 2 aromatic carbocycles. The molecule has 0 aliphatic carbocycles. The lowest BCUT2D eigenvalue weighted by molar-refractivity contribution is -0.394. The number of nitro benzene ring substituents is 3. The minimum Gasteiger partial charge on any atom is -0.545 e. The first-order chi connectivity index (χ1) is 13.2. The number of aromatic carboxylic acids is 1. The van der Waals surface area contributed by atoms with Gasteiger partial charge in [0.1, 0.15) is 0 Å². The lowest BCUT2D eigenvalue weighted by Gasteiger charge is -2.02. The van der Waals surface area contributed by atoms with Crippen molar-refractivity contribution in [2.24, 2.45) is 0 Å². The van der Waals surface area contributed by atoms with Gasteiger partial charge in [-0.3, -0.25) is 30.3 Å². The van der Waals surface area contributed by atoms with Crippen molar-refractivity contribution >= 4 is 33.8 Å². The van der Waals surface area contributed by atoms with Crippen LogP contribution in [0.2, 0.25) is 0 Å². The molecule has 0 radical (unpaired) electrons. The zero-order valence-corrected chi connectivity index (χ0v) is 13.8. The van der Waals surface area contributed by atoms with Crippen molar-refractivity contribution < 1.29 is 29.7 Å². The van der Waals surface area contributed by atoms with Crippen LogP contribution in [0, 0.1) is 30.3 Å². The number of rotatable bonds is 4. The summed E-state index contributed by atoms with van der Waals surface area (Å²) < 4.78 is 0. The van der Waals surface area contributed by atoms with Gasteiger partial charge in [-0.1, -0.05) is 6.07 Å². The predicted molar refractivity (Wildman–Crippen MR) is 91.2 cm³/mol. The molecular formula is C16H10N4O8. The number of aromatic amines is 1. The number of nitrogens with one attached hydrogen (secondary N) is 1. The van der Waals surface area contributed by atoms with Crippen LogP contribution < -0.4 is 10.1 Å². The fourth-order valence-corrected chi connectivity index (χ4v) is 2.26. The van der Waals surface area contributed by atoms with E-state index >= 15 is 0 Å². The molecule has 0 spiro atoms. The third kappa shape index (κ3) is 4.37. The maximum atomic E-state index is 10.6. The van der Waals surface area contributed by atoms with E-state index in [0.717, 1.165) is 17.5 Å². The van der Waals surface area contributed by atoms with Gasteiger partial charge in [0.2, 0.25) is 0 Å². The van der Waals surface area contributed by atoms with Gasteiger partial charge in [0, 0.05) is 18.2 Å². The summed E-state index contributed by atoms with van der Waals surface area (Å²) >= 11 is 0. The smallest absolute Gasteiger partial charge is 0.285 e. The number of carbonyl (C=O) groups excluding carboxylic acids is 1. The summed E-state index contributed by atoms with van der Waals surface area (Å²) in [7, 11) is 0. The van der Waals surface area contributed by atoms with E-state index in [9.17, 15) is 40.2 Å². The number of pyridine rings is 1. The Morgan fingerprint density at radius 2 is 1.54 bits per heavy atom. The number of non-ortho nitro benzene ring substituents is 2. The zero-order valence-electron chi connectivity index (χ0n) is 13.8. The van der Waals surface area contributed by atoms with Gasteiger partial charge < -0.3 is 9.90 Å². The molecule has 3 aromatic rings. The zero-order chi connectivity index (χ0) is 20.8. The van der Waals surface area contributed by atoms with Gasteiger partial charge in [-0.25, -0.2) is 4.98 Å². The largest absolute Gasteiger partial charge is 0.545 e. The summed E-state index contributed by atoms with van der Waals surface area (Å²) in [5.41, 5.74) is -1.95. The predicted octanol–water partition coefficient (Wildman–Crippen LogP) is 1.43. The fourth-order valence-electron chi connectivity index (χ4n) is 2.26. The summed E-state index contributed by atoms with van der Waals surface area (Å²) in [6.45, 7) is 0.